The van der Waals surface area contributed by atoms with Crippen LogP contribution in [0.25, 0.3) is 11.0 Å². The van der Waals surface area contributed by atoms with Crippen LogP contribution in [0.5, 0.6) is 40.2 Å². The van der Waals surface area contributed by atoms with Crippen LogP contribution in [0.1, 0.15) is 40.5 Å². The lowest BCUT2D eigenvalue weighted by Gasteiger charge is -2.45. The number of ether oxygens (including phenoxy) is 8. The van der Waals surface area contributed by atoms with Gasteiger partial charge >= 0.3 is 11.6 Å². The predicted octanol–water partition coefficient (Wildman–Crippen LogP) is 10.3. The van der Waals surface area contributed by atoms with Gasteiger partial charge in [0.15, 0.2) is 18.0 Å². The highest BCUT2D eigenvalue weighted by atomic mass is 16.7. The van der Waals surface area contributed by atoms with E-state index in [9.17, 15) is 9.59 Å². The first-order valence-corrected chi connectivity index (χ1v) is 20.6. The Morgan fingerprint density at radius 3 is 1.74 bits per heavy atom. The molecule has 0 N–H and O–H groups in total. The van der Waals surface area contributed by atoms with Crippen LogP contribution in [0.15, 0.2) is 172 Å². The maximum absolute atomic E-state index is 13.4. The standard InChI is InChI=1S/C51H50O11/c1-34(2)18-17-19-35(3)30-31-54-45-42-29-28-41(32-43(42)61-50(53)48(45)56-36(4)52)60-51-49(59-40-26-15-8-16-27-40)47(58-39-24-13-7-14-25-39)46(57-38-22-11-6-12-23-38)44(62-51)33-55-37-20-9-5-10-21-37/h5-16,18,20-30,32,44,46-47,49,51H,17,19,31,33H2,1-4H3/b35-30+/t44-,46-,47+,49+,51+/m1/s1. The number of benzene rings is 5. The minimum Gasteiger partial charge on any atom is -0.491 e. The van der Waals surface area contributed by atoms with E-state index in [1.54, 1.807) is 18.2 Å². The highest BCUT2D eigenvalue weighted by Gasteiger charge is 2.52. The van der Waals surface area contributed by atoms with Crippen LogP contribution in [0, 0.1) is 0 Å². The van der Waals surface area contributed by atoms with Crippen molar-refractivity contribution in [3.8, 4) is 40.2 Å². The van der Waals surface area contributed by atoms with E-state index in [0.29, 0.717) is 28.4 Å². The van der Waals surface area contributed by atoms with E-state index in [0.717, 1.165) is 18.4 Å². The monoisotopic (exact) mass is 838 g/mol. The minimum absolute atomic E-state index is 0.0587. The van der Waals surface area contributed by atoms with Gasteiger partial charge in [-0.15, -0.1) is 0 Å². The van der Waals surface area contributed by atoms with Gasteiger partial charge in [0.05, 0.1) is 5.39 Å². The largest absolute Gasteiger partial charge is 0.491 e. The molecule has 1 saturated heterocycles. The van der Waals surface area contributed by atoms with Crippen LogP contribution in [-0.2, 0) is 9.53 Å². The van der Waals surface area contributed by atoms with Crippen molar-refractivity contribution >= 4 is 16.9 Å². The number of allylic oxidation sites excluding steroid dienone is 3. The van der Waals surface area contributed by atoms with Gasteiger partial charge in [-0.25, -0.2) is 4.79 Å². The summed E-state index contributed by atoms with van der Waals surface area (Å²) in [6.45, 7) is 7.53. The van der Waals surface area contributed by atoms with Gasteiger partial charge in [0.25, 0.3) is 5.75 Å². The predicted molar refractivity (Wildman–Crippen MR) is 236 cm³/mol. The highest BCUT2D eigenvalue weighted by molar-refractivity contribution is 5.87. The average Bonchev–Trinajstić information content (AvgIpc) is 3.27. The van der Waals surface area contributed by atoms with Gasteiger partial charge in [0.2, 0.25) is 12.4 Å². The number of esters is 1. The van der Waals surface area contributed by atoms with Gasteiger partial charge in [-0.3, -0.25) is 4.79 Å². The average molecular weight is 839 g/mol. The van der Waals surface area contributed by atoms with Crippen molar-refractivity contribution in [2.24, 2.45) is 0 Å². The van der Waals surface area contributed by atoms with E-state index >= 15 is 0 Å². The molecule has 0 amide bonds. The number of fused-ring (bicyclic) bond motifs is 1. The normalized spacial score (nSPS) is 18.6. The smallest absolute Gasteiger partial charge is 0.383 e. The van der Waals surface area contributed by atoms with Crippen molar-refractivity contribution in [3.63, 3.8) is 0 Å². The van der Waals surface area contributed by atoms with E-state index in [1.165, 1.54) is 12.5 Å². The Hall–Kier alpha value is -6.98. The van der Waals surface area contributed by atoms with Crippen molar-refractivity contribution in [2.45, 2.75) is 71.2 Å². The number of para-hydroxylation sites is 4. The summed E-state index contributed by atoms with van der Waals surface area (Å²) in [5.74, 6) is 1.66. The third-order valence-electron chi connectivity index (χ3n) is 9.84. The maximum Gasteiger partial charge on any atom is 0.383 e. The molecule has 0 radical (unpaired) electrons. The lowest BCUT2D eigenvalue weighted by Crippen LogP contribution is -2.66. The molecule has 11 heteroatoms. The molecule has 1 fully saturated rings. The van der Waals surface area contributed by atoms with Crippen LogP contribution < -0.4 is 38.8 Å². The Morgan fingerprint density at radius 2 is 1.16 bits per heavy atom. The number of hydrogen-bond donors (Lipinski definition) is 0. The molecule has 1 aliphatic heterocycles. The summed E-state index contributed by atoms with van der Waals surface area (Å²) in [5, 5.41) is 0.390. The van der Waals surface area contributed by atoms with E-state index in [2.05, 4.69) is 19.9 Å². The van der Waals surface area contributed by atoms with Gasteiger partial charge in [-0.1, -0.05) is 90.0 Å². The van der Waals surface area contributed by atoms with Gasteiger partial charge in [0.1, 0.15) is 53.6 Å². The fraction of sp³-hybridized carbons (Fsp3) is 0.255. The summed E-state index contributed by atoms with van der Waals surface area (Å²) >= 11 is 0. The second-order valence-corrected chi connectivity index (χ2v) is 15.0. The molecule has 7 rings (SSSR count). The second-order valence-electron chi connectivity index (χ2n) is 15.0. The fourth-order valence-corrected chi connectivity index (χ4v) is 6.85. The van der Waals surface area contributed by atoms with Crippen LogP contribution in [0.3, 0.4) is 0 Å². The fourth-order valence-electron chi connectivity index (χ4n) is 6.85. The molecule has 11 nitrogen and oxygen atoms in total. The van der Waals surface area contributed by atoms with Crippen LogP contribution >= 0.6 is 0 Å². The van der Waals surface area contributed by atoms with E-state index in [4.69, 9.17) is 42.3 Å². The molecule has 0 spiro atoms. The molecule has 1 aromatic heterocycles. The van der Waals surface area contributed by atoms with Gasteiger partial charge in [-0.05, 0) is 100 Å². The molecule has 0 unspecified atom stereocenters. The van der Waals surface area contributed by atoms with Crippen molar-refractivity contribution in [1.29, 1.82) is 0 Å². The van der Waals surface area contributed by atoms with Crippen molar-refractivity contribution in [1.82, 2.24) is 0 Å². The Labute approximate surface area is 361 Å². The van der Waals surface area contributed by atoms with Gasteiger partial charge < -0.3 is 42.3 Å². The van der Waals surface area contributed by atoms with E-state index in [1.807, 2.05) is 134 Å². The van der Waals surface area contributed by atoms with E-state index < -0.39 is 42.3 Å². The molecule has 5 atom stereocenters. The van der Waals surface area contributed by atoms with Crippen molar-refractivity contribution < 1.29 is 47.1 Å². The third kappa shape index (κ3) is 11.6. The lowest BCUT2D eigenvalue weighted by atomic mass is 9.97. The summed E-state index contributed by atoms with van der Waals surface area (Å²) < 4.78 is 57.3. The molecule has 0 bridgehead atoms. The van der Waals surface area contributed by atoms with Crippen molar-refractivity contribution in [2.75, 3.05) is 13.2 Å². The summed E-state index contributed by atoms with van der Waals surface area (Å²) in [5.41, 5.74) is 1.60. The van der Waals surface area contributed by atoms with Crippen LogP contribution in [0.4, 0.5) is 0 Å². The molecule has 2 heterocycles. The first kappa shape index (κ1) is 43.1. The van der Waals surface area contributed by atoms with Crippen LogP contribution in [0.2, 0.25) is 0 Å². The summed E-state index contributed by atoms with van der Waals surface area (Å²) in [6.07, 6.45) is 1.37. The molecule has 0 saturated carbocycles. The first-order valence-electron chi connectivity index (χ1n) is 20.6. The van der Waals surface area contributed by atoms with Crippen LogP contribution in [-0.4, -0.2) is 49.9 Å². The molecular formula is C51H50O11. The third-order valence-corrected chi connectivity index (χ3v) is 9.84. The number of hydrogen-bond acceptors (Lipinski definition) is 11. The molecule has 5 aromatic carbocycles. The first-order chi connectivity index (χ1) is 30.2. The Balaban J connectivity index is 1.26. The molecular weight excluding hydrogens is 789 g/mol. The Kier molecular flexibility index (Phi) is 14.6. The maximum atomic E-state index is 13.4. The quantitative estimate of drug-likeness (QED) is 0.0467. The summed E-state index contributed by atoms with van der Waals surface area (Å²) in [4.78, 5) is 25.5. The Morgan fingerprint density at radius 1 is 0.597 bits per heavy atom. The number of carbonyl (C=O) groups excluding carboxylic acids is 1. The molecule has 320 valence electrons. The van der Waals surface area contributed by atoms with E-state index in [-0.39, 0.29) is 36.0 Å². The SMILES string of the molecule is CC(=O)Oc1c(OC/C=C(\C)CCC=C(C)C)c2ccc(O[C@H]3O[C@H](COc4ccccc4)[C@@H](Oc4ccccc4)[C@H](Oc4ccccc4)[C@@H]3Oc3ccccc3)cc2oc1=O. The summed E-state index contributed by atoms with van der Waals surface area (Å²) in [6, 6.07) is 42.4. The minimum atomic E-state index is -1.14. The van der Waals surface area contributed by atoms with Gasteiger partial charge in [0, 0.05) is 13.0 Å². The summed E-state index contributed by atoms with van der Waals surface area (Å²) in [7, 11) is 0. The zero-order chi connectivity index (χ0) is 43.3. The number of carbonyl (C=O) groups is 1. The molecule has 6 aromatic rings. The highest BCUT2D eigenvalue weighted by Crippen LogP contribution is 2.37. The zero-order valence-corrected chi connectivity index (χ0v) is 35.1. The second kappa shape index (κ2) is 21.0. The van der Waals surface area contributed by atoms with Gasteiger partial charge in [-0.2, -0.15) is 0 Å². The van der Waals surface area contributed by atoms with Crippen molar-refractivity contribution in [3.05, 3.63) is 173 Å². The molecule has 0 aliphatic carbocycles. The lowest BCUT2D eigenvalue weighted by molar-refractivity contribution is -0.260. The zero-order valence-electron chi connectivity index (χ0n) is 35.1. The topological polar surface area (TPSA) is 121 Å². The molecule has 1 aliphatic rings. The Bertz CT molecular complexity index is 2480. The molecule has 62 heavy (non-hydrogen) atoms. The number of rotatable bonds is 18.